The molecule has 11 nitrogen and oxygen atoms in total. The number of rotatable bonds is 6. The number of primary sulfonamides is 1. The molecule has 0 unspecified atom stereocenters. The van der Waals surface area contributed by atoms with Crippen LogP contribution in [0.2, 0.25) is 5.02 Å². The van der Waals surface area contributed by atoms with Crippen LogP contribution in [0.5, 0.6) is 0 Å². The fourth-order valence-corrected chi connectivity index (χ4v) is 6.72. The number of pyridine rings is 1. The van der Waals surface area contributed by atoms with Gasteiger partial charge in [-0.05, 0) is 38.0 Å². The van der Waals surface area contributed by atoms with Crippen molar-refractivity contribution in [3.63, 3.8) is 0 Å². The molecule has 0 radical (unpaired) electrons. The Morgan fingerprint density at radius 2 is 1.92 bits per heavy atom. The van der Waals surface area contributed by atoms with Crippen LogP contribution in [0, 0.1) is 5.41 Å². The molecule has 2 aromatic heterocycles. The van der Waals surface area contributed by atoms with Crippen molar-refractivity contribution < 1.29 is 17.9 Å². The Morgan fingerprint density at radius 1 is 1.18 bits per heavy atom. The number of amides is 1. The van der Waals surface area contributed by atoms with E-state index < -0.39 is 15.9 Å². The topological polar surface area (TPSA) is 166 Å². The lowest BCUT2D eigenvalue weighted by Crippen LogP contribution is -2.50. The van der Waals surface area contributed by atoms with Gasteiger partial charge in [0.05, 0.1) is 40.6 Å². The van der Waals surface area contributed by atoms with Gasteiger partial charge in [0.15, 0.2) is 5.82 Å². The van der Waals surface area contributed by atoms with Crippen LogP contribution >= 0.6 is 23.4 Å². The maximum Gasteiger partial charge on any atom is 0.258 e. The standard InChI is InChI=1S/C25H28ClN7O4S2/c1-15-22(27)25(14-37-15)7-10-33(11-8-25)19-12-31-20(13-30-19)38-17-6-9-29-23(21(17)26)32-24(34)16-4-2-3-5-18(16)39(28,35)36/h2-6,9,12-13,15,22H,7-8,10-11,14,27H2,1H3,(H2,28,35,36)(H,29,32,34)/t15-,22+/m0/s1. The minimum atomic E-state index is -4.10. The number of benzene rings is 1. The Bertz CT molecular complexity index is 1480. The van der Waals surface area contributed by atoms with Gasteiger partial charge in [0.25, 0.3) is 5.91 Å². The highest BCUT2D eigenvalue weighted by molar-refractivity contribution is 7.99. The zero-order valence-corrected chi connectivity index (χ0v) is 23.5. The molecule has 3 aromatic rings. The average Bonchev–Trinajstić information content (AvgIpc) is 3.19. The summed E-state index contributed by atoms with van der Waals surface area (Å²) in [7, 11) is -4.10. The van der Waals surface area contributed by atoms with E-state index in [-0.39, 0.29) is 38.9 Å². The number of nitrogens with two attached hydrogens (primary N) is 2. The SMILES string of the molecule is C[C@@H]1OCC2(CCN(c3cnc(Sc4ccnc(NC(=O)c5ccccc5S(N)(=O)=O)c4Cl)cn3)CC2)[C@@H]1N. The van der Waals surface area contributed by atoms with Gasteiger partial charge in [0.2, 0.25) is 10.0 Å². The smallest absolute Gasteiger partial charge is 0.258 e. The van der Waals surface area contributed by atoms with E-state index in [9.17, 15) is 13.2 Å². The Morgan fingerprint density at radius 3 is 2.56 bits per heavy atom. The molecule has 2 saturated heterocycles. The van der Waals surface area contributed by atoms with Crippen molar-refractivity contribution in [3.05, 3.63) is 59.5 Å². The molecule has 14 heteroatoms. The van der Waals surface area contributed by atoms with Crippen LogP contribution in [0.25, 0.3) is 0 Å². The molecule has 2 fully saturated rings. The predicted molar refractivity (Wildman–Crippen MR) is 148 cm³/mol. The van der Waals surface area contributed by atoms with Gasteiger partial charge in [0.1, 0.15) is 10.8 Å². The van der Waals surface area contributed by atoms with Crippen molar-refractivity contribution >= 4 is 50.9 Å². The van der Waals surface area contributed by atoms with Crippen molar-refractivity contribution in [2.24, 2.45) is 16.3 Å². The minimum Gasteiger partial charge on any atom is -0.376 e. The molecule has 0 saturated carbocycles. The lowest BCUT2D eigenvalue weighted by Gasteiger charge is -2.41. The first-order valence-electron chi connectivity index (χ1n) is 12.3. The largest absolute Gasteiger partial charge is 0.376 e. The Labute approximate surface area is 235 Å². The maximum atomic E-state index is 12.8. The van der Waals surface area contributed by atoms with E-state index in [2.05, 4.69) is 25.2 Å². The molecule has 0 bridgehead atoms. The van der Waals surface area contributed by atoms with Crippen LogP contribution < -0.4 is 21.1 Å². The third kappa shape index (κ3) is 5.74. The molecular formula is C25H28ClN7O4S2. The van der Waals surface area contributed by atoms with Crippen molar-refractivity contribution in [2.45, 2.75) is 46.7 Å². The first-order chi connectivity index (χ1) is 18.6. The Hall–Kier alpha value is -2.81. The van der Waals surface area contributed by atoms with Crippen molar-refractivity contribution in [1.29, 1.82) is 0 Å². The van der Waals surface area contributed by atoms with Gasteiger partial charge >= 0.3 is 0 Å². The molecule has 1 amide bonds. The molecule has 2 aliphatic heterocycles. The number of nitrogens with zero attached hydrogens (tertiary/aromatic N) is 4. The van der Waals surface area contributed by atoms with E-state index in [1.54, 1.807) is 18.5 Å². The monoisotopic (exact) mass is 589 g/mol. The molecule has 2 atom stereocenters. The number of aromatic nitrogens is 3. The second kappa shape index (κ2) is 11.0. The molecule has 2 aliphatic rings. The summed E-state index contributed by atoms with van der Waals surface area (Å²) in [5, 5.41) is 8.60. The Balaban J connectivity index is 1.25. The normalized spacial score (nSPS) is 20.8. The van der Waals surface area contributed by atoms with Crippen molar-refractivity contribution in [2.75, 3.05) is 29.9 Å². The minimum absolute atomic E-state index is 0.0327. The second-order valence-corrected chi connectivity index (χ2v) is 12.6. The van der Waals surface area contributed by atoms with Crippen LogP contribution in [0.4, 0.5) is 11.6 Å². The van der Waals surface area contributed by atoms with E-state index in [4.69, 9.17) is 27.2 Å². The molecule has 206 valence electrons. The molecule has 1 spiro atoms. The first kappa shape index (κ1) is 27.7. The average molecular weight is 590 g/mol. The first-order valence-corrected chi connectivity index (χ1v) is 15.0. The number of hydrogen-bond donors (Lipinski definition) is 3. The molecule has 5 rings (SSSR count). The number of carbonyl (C=O) groups excluding carboxylic acids is 1. The lowest BCUT2D eigenvalue weighted by atomic mass is 9.73. The van der Waals surface area contributed by atoms with Gasteiger partial charge in [-0.3, -0.25) is 4.79 Å². The molecule has 4 heterocycles. The zero-order valence-electron chi connectivity index (χ0n) is 21.1. The van der Waals surface area contributed by atoms with Crippen LogP contribution in [0.1, 0.15) is 30.1 Å². The summed E-state index contributed by atoms with van der Waals surface area (Å²) < 4.78 is 29.6. The zero-order chi connectivity index (χ0) is 27.8. The number of sulfonamides is 1. The fourth-order valence-electron chi connectivity index (χ4n) is 4.96. The Kier molecular flexibility index (Phi) is 7.82. The summed E-state index contributed by atoms with van der Waals surface area (Å²) in [5.41, 5.74) is 6.35. The molecule has 39 heavy (non-hydrogen) atoms. The number of anilines is 2. The van der Waals surface area contributed by atoms with E-state index >= 15 is 0 Å². The highest BCUT2D eigenvalue weighted by atomic mass is 35.5. The number of piperidine rings is 1. The van der Waals surface area contributed by atoms with Gasteiger partial charge in [0, 0.05) is 35.6 Å². The van der Waals surface area contributed by atoms with Gasteiger partial charge in [-0.1, -0.05) is 35.5 Å². The van der Waals surface area contributed by atoms with Gasteiger partial charge in [-0.25, -0.2) is 28.5 Å². The predicted octanol–water partition coefficient (Wildman–Crippen LogP) is 2.91. The molecule has 5 N–H and O–H groups in total. The van der Waals surface area contributed by atoms with E-state index in [0.717, 1.165) is 31.7 Å². The van der Waals surface area contributed by atoms with Crippen LogP contribution in [-0.4, -0.2) is 61.1 Å². The third-order valence-corrected chi connectivity index (χ3v) is 9.73. The summed E-state index contributed by atoms with van der Waals surface area (Å²) >= 11 is 7.80. The highest BCUT2D eigenvalue weighted by Crippen LogP contribution is 2.42. The summed E-state index contributed by atoms with van der Waals surface area (Å²) in [5.74, 6) is 0.159. The van der Waals surface area contributed by atoms with Crippen molar-refractivity contribution in [3.8, 4) is 0 Å². The number of nitrogens with one attached hydrogen (secondary N) is 1. The van der Waals surface area contributed by atoms with Gasteiger partial charge in [-0.15, -0.1) is 0 Å². The lowest BCUT2D eigenvalue weighted by molar-refractivity contribution is 0.0974. The van der Waals surface area contributed by atoms with E-state index in [0.29, 0.717) is 16.5 Å². The van der Waals surface area contributed by atoms with Gasteiger partial charge < -0.3 is 20.7 Å². The number of halogens is 1. The molecule has 0 aliphatic carbocycles. The van der Waals surface area contributed by atoms with Crippen molar-refractivity contribution in [1.82, 2.24) is 15.0 Å². The quantitative estimate of drug-likeness (QED) is 0.389. The molecule has 1 aromatic carbocycles. The second-order valence-electron chi connectivity index (χ2n) is 9.67. The summed E-state index contributed by atoms with van der Waals surface area (Å²) in [6.45, 7) is 4.41. The molecular weight excluding hydrogens is 562 g/mol. The highest BCUT2D eigenvalue weighted by Gasteiger charge is 2.47. The van der Waals surface area contributed by atoms with Crippen LogP contribution in [-0.2, 0) is 14.8 Å². The third-order valence-electron chi connectivity index (χ3n) is 7.28. The maximum absolute atomic E-state index is 12.8. The summed E-state index contributed by atoms with van der Waals surface area (Å²) in [4.78, 5) is 28.6. The summed E-state index contributed by atoms with van der Waals surface area (Å²) in [6, 6.07) is 7.37. The number of ether oxygens (including phenoxy) is 1. The van der Waals surface area contributed by atoms with Crippen LogP contribution in [0.3, 0.4) is 0 Å². The number of carbonyl (C=O) groups is 1. The van der Waals surface area contributed by atoms with Gasteiger partial charge in [-0.2, -0.15) is 0 Å². The van der Waals surface area contributed by atoms with Crippen LogP contribution in [0.15, 0.2) is 63.7 Å². The van der Waals surface area contributed by atoms with E-state index in [1.807, 2.05) is 6.92 Å². The van der Waals surface area contributed by atoms with E-state index in [1.165, 1.54) is 42.2 Å². The number of hydrogen-bond acceptors (Lipinski definition) is 10. The summed E-state index contributed by atoms with van der Waals surface area (Å²) in [6.07, 6.45) is 6.86. The fraction of sp³-hybridized carbons (Fsp3) is 0.360.